The lowest BCUT2D eigenvalue weighted by Gasteiger charge is -2.34. The van der Waals surface area contributed by atoms with E-state index in [0.29, 0.717) is 18.2 Å². The summed E-state index contributed by atoms with van der Waals surface area (Å²) in [7, 11) is 0. The Kier molecular flexibility index (Phi) is 5.95. The van der Waals surface area contributed by atoms with E-state index in [-0.39, 0.29) is 11.7 Å². The van der Waals surface area contributed by atoms with E-state index in [4.69, 9.17) is 0 Å². The number of H-pyrrole nitrogens is 1. The van der Waals surface area contributed by atoms with E-state index in [9.17, 15) is 9.18 Å². The molecule has 3 aromatic rings. The van der Waals surface area contributed by atoms with Crippen molar-refractivity contribution >= 4 is 16.8 Å². The molecule has 2 aromatic carbocycles. The summed E-state index contributed by atoms with van der Waals surface area (Å²) in [5.41, 5.74) is 2.68. The minimum Gasteiger partial charge on any atom is -0.351 e. The molecule has 0 saturated carbocycles. The largest absolute Gasteiger partial charge is 0.351 e. The van der Waals surface area contributed by atoms with Crippen molar-refractivity contribution in [2.24, 2.45) is 5.92 Å². The van der Waals surface area contributed by atoms with Crippen molar-refractivity contribution in [3.05, 3.63) is 71.7 Å². The molecule has 1 saturated heterocycles. The highest BCUT2D eigenvalue weighted by molar-refractivity contribution is 5.98. The quantitative estimate of drug-likeness (QED) is 0.660. The Labute approximate surface area is 171 Å². The number of nitrogens with zero attached hydrogens (tertiary/aromatic N) is 2. The molecule has 1 aliphatic rings. The minimum atomic E-state index is -0.175. The molecule has 1 N–H and O–H groups in total. The molecular formula is C24H28FN3O. The number of aromatic nitrogens is 1. The fourth-order valence-corrected chi connectivity index (χ4v) is 4.25. The first-order valence-electron chi connectivity index (χ1n) is 10.5. The van der Waals surface area contributed by atoms with Crippen LogP contribution in [0.2, 0.25) is 0 Å². The standard InChI is InChI=1S/C24H28FN3O/c1-2-28(24(29)23-15-20-7-3-4-9-22(20)26-23)17-18-10-12-27(13-11-18)16-19-6-5-8-21(25)14-19/h3-9,14-15,18,26H,2,10-13,16-17H2,1H3. The third-order valence-electron chi connectivity index (χ3n) is 5.91. The number of hydrogen-bond donors (Lipinski definition) is 1. The second-order valence-electron chi connectivity index (χ2n) is 7.96. The molecule has 2 heterocycles. The number of aromatic amines is 1. The Bertz CT molecular complexity index is 942. The number of benzene rings is 2. The molecule has 1 amide bonds. The summed E-state index contributed by atoms with van der Waals surface area (Å²) in [6, 6.07) is 16.8. The average molecular weight is 394 g/mol. The van der Waals surface area contributed by atoms with Gasteiger partial charge in [0.25, 0.3) is 5.91 Å². The molecule has 1 fully saturated rings. The van der Waals surface area contributed by atoms with Crippen molar-refractivity contribution in [2.75, 3.05) is 26.2 Å². The summed E-state index contributed by atoms with van der Waals surface area (Å²) in [6.45, 7) is 6.30. The summed E-state index contributed by atoms with van der Waals surface area (Å²) in [5.74, 6) is 0.407. The van der Waals surface area contributed by atoms with Gasteiger partial charge in [-0.25, -0.2) is 4.39 Å². The highest BCUT2D eigenvalue weighted by atomic mass is 19.1. The van der Waals surface area contributed by atoms with Crippen LogP contribution in [-0.4, -0.2) is 46.9 Å². The molecule has 0 atom stereocenters. The summed E-state index contributed by atoms with van der Waals surface area (Å²) >= 11 is 0. The van der Waals surface area contributed by atoms with Gasteiger partial charge in [0.2, 0.25) is 0 Å². The number of halogens is 1. The SMILES string of the molecule is CCN(CC1CCN(Cc2cccc(F)c2)CC1)C(=O)c1cc2ccccc2[nH]1. The molecule has 1 aliphatic heterocycles. The molecule has 0 aliphatic carbocycles. The fourth-order valence-electron chi connectivity index (χ4n) is 4.25. The summed E-state index contributed by atoms with van der Waals surface area (Å²) in [5, 5.41) is 1.07. The van der Waals surface area contributed by atoms with Gasteiger partial charge in [0.15, 0.2) is 0 Å². The first kappa shape index (κ1) is 19.6. The van der Waals surface area contributed by atoms with Gasteiger partial charge in [-0.2, -0.15) is 0 Å². The highest BCUT2D eigenvalue weighted by Crippen LogP contribution is 2.22. The van der Waals surface area contributed by atoms with E-state index in [2.05, 4.69) is 9.88 Å². The number of likely N-dealkylation sites (tertiary alicyclic amines) is 1. The maximum Gasteiger partial charge on any atom is 0.270 e. The number of fused-ring (bicyclic) bond motifs is 1. The second kappa shape index (κ2) is 8.78. The van der Waals surface area contributed by atoms with E-state index >= 15 is 0 Å². The monoisotopic (exact) mass is 393 g/mol. The highest BCUT2D eigenvalue weighted by Gasteiger charge is 2.24. The normalized spacial score (nSPS) is 15.7. The van der Waals surface area contributed by atoms with Gasteiger partial charge in [0, 0.05) is 30.5 Å². The van der Waals surface area contributed by atoms with E-state index in [0.717, 1.165) is 55.5 Å². The van der Waals surface area contributed by atoms with E-state index < -0.39 is 0 Å². The molecule has 0 bridgehead atoms. The number of amides is 1. The molecule has 0 spiro atoms. The van der Waals surface area contributed by atoms with Crippen LogP contribution in [0, 0.1) is 11.7 Å². The van der Waals surface area contributed by atoms with Crippen LogP contribution >= 0.6 is 0 Å². The fraction of sp³-hybridized carbons (Fsp3) is 0.375. The number of nitrogens with one attached hydrogen (secondary N) is 1. The zero-order valence-electron chi connectivity index (χ0n) is 16.9. The second-order valence-corrected chi connectivity index (χ2v) is 7.96. The van der Waals surface area contributed by atoms with Gasteiger partial charge in [-0.3, -0.25) is 9.69 Å². The van der Waals surface area contributed by atoms with Crippen LogP contribution < -0.4 is 0 Å². The van der Waals surface area contributed by atoms with Crippen molar-refractivity contribution in [1.29, 1.82) is 0 Å². The Morgan fingerprint density at radius 2 is 1.93 bits per heavy atom. The maximum absolute atomic E-state index is 13.4. The van der Waals surface area contributed by atoms with Gasteiger partial charge in [-0.05, 0) is 68.6 Å². The average Bonchev–Trinajstić information content (AvgIpc) is 3.17. The van der Waals surface area contributed by atoms with Crippen LogP contribution in [0.1, 0.15) is 35.8 Å². The number of para-hydroxylation sites is 1. The zero-order valence-corrected chi connectivity index (χ0v) is 16.9. The lowest BCUT2D eigenvalue weighted by atomic mass is 9.95. The molecule has 29 heavy (non-hydrogen) atoms. The number of piperidine rings is 1. The Balaban J connectivity index is 1.33. The summed E-state index contributed by atoms with van der Waals surface area (Å²) < 4.78 is 13.4. The topological polar surface area (TPSA) is 39.3 Å². The van der Waals surface area contributed by atoms with Crippen molar-refractivity contribution in [1.82, 2.24) is 14.8 Å². The van der Waals surface area contributed by atoms with E-state index in [1.165, 1.54) is 6.07 Å². The number of rotatable bonds is 6. The predicted molar refractivity (Wildman–Crippen MR) is 114 cm³/mol. The third kappa shape index (κ3) is 4.67. The first-order chi connectivity index (χ1) is 14.1. The van der Waals surface area contributed by atoms with Crippen LogP contribution in [0.5, 0.6) is 0 Å². The van der Waals surface area contributed by atoms with Gasteiger partial charge in [0.05, 0.1) is 0 Å². The van der Waals surface area contributed by atoms with Gasteiger partial charge in [-0.15, -0.1) is 0 Å². The summed E-state index contributed by atoms with van der Waals surface area (Å²) in [6.07, 6.45) is 2.12. The van der Waals surface area contributed by atoms with Crippen LogP contribution in [-0.2, 0) is 6.54 Å². The zero-order chi connectivity index (χ0) is 20.2. The molecular weight excluding hydrogens is 365 g/mol. The van der Waals surface area contributed by atoms with Crippen LogP contribution in [0.3, 0.4) is 0 Å². The van der Waals surface area contributed by atoms with Crippen LogP contribution in [0.15, 0.2) is 54.6 Å². The molecule has 1 aromatic heterocycles. The first-order valence-corrected chi connectivity index (χ1v) is 10.5. The van der Waals surface area contributed by atoms with Gasteiger partial charge in [0.1, 0.15) is 11.5 Å². The Morgan fingerprint density at radius 3 is 2.66 bits per heavy atom. The van der Waals surface area contributed by atoms with E-state index in [1.807, 2.05) is 48.2 Å². The van der Waals surface area contributed by atoms with Crippen molar-refractivity contribution < 1.29 is 9.18 Å². The lowest BCUT2D eigenvalue weighted by molar-refractivity contribution is 0.0694. The Hall–Kier alpha value is -2.66. The predicted octanol–water partition coefficient (Wildman–Crippen LogP) is 4.68. The van der Waals surface area contributed by atoms with Crippen molar-refractivity contribution in [3.63, 3.8) is 0 Å². The summed E-state index contributed by atoms with van der Waals surface area (Å²) in [4.78, 5) is 20.6. The molecule has 152 valence electrons. The molecule has 0 radical (unpaired) electrons. The van der Waals surface area contributed by atoms with Crippen LogP contribution in [0.25, 0.3) is 10.9 Å². The third-order valence-corrected chi connectivity index (χ3v) is 5.91. The number of hydrogen-bond acceptors (Lipinski definition) is 2. The van der Waals surface area contributed by atoms with Crippen molar-refractivity contribution in [3.8, 4) is 0 Å². The lowest BCUT2D eigenvalue weighted by Crippen LogP contribution is -2.40. The number of carbonyl (C=O) groups is 1. The molecule has 4 rings (SSSR count). The molecule has 5 heteroatoms. The minimum absolute atomic E-state index is 0.0749. The smallest absolute Gasteiger partial charge is 0.270 e. The molecule has 4 nitrogen and oxygen atoms in total. The van der Waals surface area contributed by atoms with Gasteiger partial charge >= 0.3 is 0 Å². The van der Waals surface area contributed by atoms with Gasteiger partial charge < -0.3 is 9.88 Å². The van der Waals surface area contributed by atoms with Crippen molar-refractivity contribution in [2.45, 2.75) is 26.3 Å². The maximum atomic E-state index is 13.4. The molecule has 0 unspecified atom stereocenters. The van der Waals surface area contributed by atoms with Crippen LogP contribution in [0.4, 0.5) is 4.39 Å². The van der Waals surface area contributed by atoms with Gasteiger partial charge in [-0.1, -0.05) is 30.3 Å². The number of carbonyl (C=O) groups excluding carboxylic acids is 1. The Morgan fingerprint density at radius 1 is 1.14 bits per heavy atom. The van der Waals surface area contributed by atoms with E-state index in [1.54, 1.807) is 12.1 Å².